The predicted molar refractivity (Wildman–Crippen MR) is 101 cm³/mol. The molecule has 0 saturated carbocycles. The Morgan fingerprint density at radius 3 is 2.62 bits per heavy atom. The van der Waals surface area contributed by atoms with Gasteiger partial charge in [0.15, 0.2) is 5.76 Å². The molecule has 2 heterocycles. The Kier molecular flexibility index (Phi) is 6.05. The summed E-state index contributed by atoms with van der Waals surface area (Å²) in [5.74, 6) is 0.601. The molecule has 0 spiro atoms. The molecular formula is C18H22N2O4S2. The number of aryl methyl sites for hydroxylation is 1. The van der Waals surface area contributed by atoms with E-state index in [1.807, 2.05) is 30.3 Å². The first-order chi connectivity index (χ1) is 12.5. The summed E-state index contributed by atoms with van der Waals surface area (Å²) >= 11 is 1.64. The standard InChI is InChI=1S/C18H22N2O4S2/c1-14-17(26(22,23)20-10-5-6-11-20)13-16(24-14)18(21)19-9-12-25-15-7-3-2-4-8-15/h2-4,7-8,13H,5-6,9-12H2,1H3,(H,19,21). The van der Waals surface area contributed by atoms with Gasteiger partial charge in [0.05, 0.1) is 0 Å². The van der Waals surface area contributed by atoms with Crippen LogP contribution < -0.4 is 5.32 Å². The van der Waals surface area contributed by atoms with Gasteiger partial charge in [-0.15, -0.1) is 11.8 Å². The van der Waals surface area contributed by atoms with E-state index in [-0.39, 0.29) is 16.4 Å². The van der Waals surface area contributed by atoms with Gasteiger partial charge in [0.1, 0.15) is 10.7 Å². The van der Waals surface area contributed by atoms with Crippen molar-refractivity contribution < 1.29 is 17.6 Å². The van der Waals surface area contributed by atoms with Crippen molar-refractivity contribution in [3.05, 3.63) is 47.9 Å². The maximum Gasteiger partial charge on any atom is 0.287 e. The van der Waals surface area contributed by atoms with E-state index >= 15 is 0 Å². The van der Waals surface area contributed by atoms with E-state index in [4.69, 9.17) is 4.42 Å². The molecule has 0 unspecified atom stereocenters. The van der Waals surface area contributed by atoms with Crippen molar-refractivity contribution in [1.82, 2.24) is 9.62 Å². The molecule has 0 radical (unpaired) electrons. The summed E-state index contributed by atoms with van der Waals surface area (Å²) in [6.07, 6.45) is 1.73. The molecule has 8 heteroatoms. The number of carbonyl (C=O) groups is 1. The van der Waals surface area contributed by atoms with Crippen molar-refractivity contribution >= 4 is 27.7 Å². The summed E-state index contributed by atoms with van der Waals surface area (Å²) in [6, 6.07) is 11.3. The minimum atomic E-state index is -3.59. The van der Waals surface area contributed by atoms with Crippen molar-refractivity contribution in [1.29, 1.82) is 0 Å². The van der Waals surface area contributed by atoms with Crippen LogP contribution >= 0.6 is 11.8 Å². The van der Waals surface area contributed by atoms with Gasteiger partial charge in [-0.25, -0.2) is 8.42 Å². The van der Waals surface area contributed by atoms with Gasteiger partial charge in [0.25, 0.3) is 5.91 Å². The van der Waals surface area contributed by atoms with Gasteiger partial charge in [-0.3, -0.25) is 4.79 Å². The zero-order chi connectivity index (χ0) is 18.6. The average molecular weight is 395 g/mol. The number of thioether (sulfide) groups is 1. The lowest BCUT2D eigenvalue weighted by Crippen LogP contribution is -2.28. The maximum atomic E-state index is 12.6. The van der Waals surface area contributed by atoms with E-state index in [9.17, 15) is 13.2 Å². The van der Waals surface area contributed by atoms with Crippen LogP contribution in [0.4, 0.5) is 0 Å². The molecule has 0 aliphatic carbocycles. The van der Waals surface area contributed by atoms with Crippen molar-refractivity contribution in [3.8, 4) is 0 Å². The van der Waals surface area contributed by atoms with E-state index in [0.717, 1.165) is 17.7 Å². The molecule has 140 valence electrons. The molecule has 6 nitrogen and oxygen atoms in total. The second-order valence-corrected chi connectivity index (χ2v) is 9.13. The van der Waals surface area contributed by atoms with Crippen LogP contribution in [0, 0.1) is 6.92 Å². The Morgan fingerprint density at radius 2 is 1.92 bits per heavy atom. The first kappa shape index (κ1) is 19.0. The zero-order valence-electron chi connectivity index (χ0n) is 14.6. The van der Waals surface area contributed by atoms with Gasteiger partial charge in [-0.05, 0) is 31.9 Å². The molecule has 3 rings (SSSR count). The summed E-state index contributed by atoms with van der Waals surface area (Å²) in [4.78, 5) is 13.5. The van der Waals surface area contributed by atoms with Crippen LogP contribution in [0.5, 0.6) is 0 Å². The van der Waals surface area contributed by atoms with Gasteiger partial charge >= 0.3 is 0 Å². The Labute approximate surface area is 158 Å². The minimum absolute atomic E-state index is 0.0324. The summed E-state index contributed by atoms with van der Waals surface area (Å²) < 4.78 is 32.1. The second kappa shape index (κ2) is 8.28. The molecule has 2 aromatic rings. The fourth-order valence-corrected chi connectivity index (χ4v) is 5.31. The SMILES string of the molecule is Cc1oc(C(=O)NCCSc2ccccc2)cc1S(=O)(=O)N1CCCC1. The molecular weight excluding hydrogens is 372 g/mol. The molecule has 1 aromatic heterocycles. The number of furan rings is 1. The fourth-order valence-electron chi connectivity index (χ4n) is 2.84. The third kappa shape index (κ3) is 4.31. The van der Waals surface area contributed by atoms with Crippen LogP contribution in [0.1, 0.15) is 29.2 Å². The Bertz CT molecular complexity index is 857. The highest BCUT2D eigenvalue weighted by Crippen LogP contribution is 2.26. The van der Waals surface area contributed by atoms with Crippen LogP contribution in [0.15, 0.2) is 50.6 Å². The summed E-state index contributed by atoms with van der Waals surface area (Å²) in [5, 5.41) is 2.77. The number of sulfonamides is 1. The third-order valence-electron chi connectivity index (χ3n) is 4.18. The lowest BCUT2D eigenvalue weighted by molar-refractivity contribution is 0.0927. The highest BCUT2D eigenvalue weighted by molar-refractivity contribution is 7.99. The van der Waals surface area contributed by atoms with E-state index in [1.54, 1.807) is 18.7 Å². The van der Waals surface area contributed by atoms with E-state index in [0.29, 0.717) is 25.4 Å². The van der Waals surface area contributed by atoms with Crippen LogP contribution in [0.2, 0.25) is 0 Å². The molecule has 26 heavy (non-hydrogen) atoms. The molecule has 0 atom stereocenters. The molecule has 1 amide bonds. The Hall–Kier alpha value is -1.77. The van der Waals surface area contributed by atoms with Crippen LogP contribution in [-0.4, -0.2) is 44.0 Å². The van der Waals surface area contributed by atoms with Gasteiger partial charge < -0.3 is 9.73 Å². The van der Waals surface area contributed by atoms with Crippen LogP contribution in [0.25, 0.3) is 0 Å². The Balaban J connectivity index is 1.58. The van der Waals surface area contributed by atoms with Crippen molar-refractivity contribution in [2.45, 2.75) is 29.6 Å². The van der Waals surface area contributed by atoms with Gasteiger partial charge in [0.2, 0.25) is 10.0 Å². The number of carbonyl (C=O) groups excluding carboxylic acids is 1. The van der Waals surface area contributed by atoms with Gasteiger partial charge in [0, 0.05) is 36.3 Å². The molecule has 0 bridgehead atoms. The Morgan fingerprint density at radius 1 is 1.23 bits per heavy atom. The van der Waals surface area contributed by atoms with E-state index in [1.165, 1.54) is 10.4 Å². The minimum Gasteiger partial charge on any atom is -0.455 e. The third-order valence-corrected chi connectivity index (χ3v) is 7.20. The quantitative estimate of drug-likeness (QED) is 0.577. The maximum absolute atomic E-state index is 12.6. The smallest absolute Gasteiger partial charge is 0.287 e. The lowest BCUT2D eigenvalue weighted by atomic mass is 10.4. The fraction of sp³-hybridized carbons (Fsp3) is 0.389. The topological polar surface area (TPSA) is 79.6 Å². The molecule has 1 aliphatic heterocycles. The normalized spacial score (nSPS) is 15.3. The average Bonchev–Trinajstić information content (AvgIpc) is 3.30. The molecule has 1 aromatic carbocycles. The zero-order valence-corrected chi connectivity index (χ0v) is 16.2. The molecule has 1 saturated heterocycles. The first-order valence-electron chi connectivity index (χ1n) is 8.55. The molecule has 1 fully saturated rings. The predicted octanol–water partition coefficient (Wildman–Crippen LogP) is 2.89. The van der Waals surface area contributed by atoms with Crippen molar-refractivity contribution in [3.63, 3.8) is 0 Å². The second-order valence-electron chi connectivity index (χ2n) is 6.06. The highest BCUT2D eigenvalue weighted by Gasteiger charge is 2.31. The van der Waals surface area contributed by atoms with Gasteiger partial charge in [-0.1, -0.05) is 18.2 Å². The summed E-state index contributed by atoms with van der Waals surface area (Å²) in [6.45, 7) is 3.08. The monoisotopic (exact) mass is 394 g/mol. The largest absolute Gasteiger partial charge is 0.455 e. The van der Waals surface area contributed by atoms with Crippen molar-refractivity contribution in [2.75, 3.05) is 25.4 Å². The number of rotatable bonds is 7. The number of nitrogens with zero attached hydrogens (tertiary/aromatic N) is 1. The number of amides is 1. The summed E-state index contributed by atoms with van der Waals surface area (Å²) in [7, 11) is -3.59. The number of hydrogen-bond acceptors (Lipinski definition) is 5. The number of benzene rings is 1. The van der Waals surface area contributed by atoms with E-state index < -0.39 is 15.9 Å². The highest BCUT2D eigenvalue weighted by atomic mass is 32.2. The lowest BCUT2D eigenvalue weighted by Gasteiger charge is -2.14. The van der Waals surface area contributed by atoms with Crippen LogP contribution in [-0.2, 0) is 10.0 Å². The van der Waals surface area contributed by atoms with E-state index in [2.05, 4.69) is 5.32 Å². The molecule has 1 N–H and O–H groups in total. The first-order valence-corrected chi connectivity index (χ1v) is 11.0. The summed E-state index contributed by atoms with van der Waals surface area (Å²) in [5.41, 5.74) is 0. The van der Waals surface area contributed by atoms with Gasteiger partial charge in [-0.2, -0.15) is 4.31 Å². The van der Waals surface area contributed by atoms with Crippen LogP contribution in [0.3, 0.4) is 0 Å². The molecule has 1 aliphatic rings. The van der Waals surface area contributed by atoms with Crippen molar-refractivity contribution in [2.24, 2.45) is 0 Å². The number of nitrogens with one attached hydrogen (secondary N) is 1. The number of hydrogen-bond donors (Lipinski definition) is 1.